The van der Waals surface area contributed by atoms with Gasteiger partial charge in [-0.25, -0.2) is 0 Å². The van der Waals surface area contributed by atoms with E-state index < -0.39 is 23.4 Å². The largest absolute Gasteiger partial charge is 0.454 e. The van der Waals surface area contributed by atoms with Crippen LogP contribution in [-0.4, -0.2) is 47.3 Å². The molecule has 140 valence electrons. The van der Waals surface area contributed by atoms with Crippen LogP contribution in [0.5, 0.6) is 0 Å². The number of rotatable bonds is 6. The Morgan fingerprint density at radius 2 is 2.08 bits per heavy atom. The lowest BCUT2D eigenvalue weighted by Crippen LogP contribution is -2.36. The maximum atomic E-state index is 11.9. The van der Waals surface area contributed by atoms with Crippen molar-refractivity contribution in [2.75, 3.05) is 25.0 Å². The predicted octanol–water partition coefficient (Wildman–Crippen LogP) is 1.79. The molecule has 0 unspecified atom stereocenters. The molecule has 0 radical (unpaired) electrons. The van der Waals surface area contributed by atoms with Crippen LogP contribution < -0.4 is 5.32 Å². The summed E-state index contributed by atoms with van der Waals surface area (Å²) in [5, 5.41) is 13.3. The van der Waals surface area contributed by atoms with E-state index in [1.54, 1.807) is 6.92 Å². The molecule has 0 spiro atoms. The van der Waals surface area contributed by atoms with Crippen LogP contribution >= 0.6 is 0 Å². The van der Waals surface area contributed by atoms with E-state index in [-0.39, 0.29) is 23.8 Å². The van der Waals surface area contributed by atoms with Crippen molar-refractivity contribution in [3.05, 3.63) is 33.9 Å². The average molecular weight is 363 g/mol. The zero-order chi connectivity index (χ0) is 19.1. The van der Waals surface area contributed by atoms with Crippen LogP contribution in [0.25, 0.3) is 0 Å². The fourth-order valence-electron chi connectivity index (χ4n) is 2.63. The minimum Gasteiger partial charge on any atom is -0.454 e. The maximum Gasteiger partial charge on any atom is 0.326 e. The number of likely N-dealkylation sites (tertiary alicyclic amines) is 1. The second kappa shape index (κ2) is 8.93. The molecule has 0 atom stereocenters. The Kier molecular flexibility index (Phi) is 6.65. The molecule has 1 aromatic rings. The molecular weight excluding hydrogens is 342 g/mol. The number of nitrogens with one attached hydrogen (secondary N) is 1. The molecule has 1 fully saturated rings. The van der Waals surface area contributed by atoms with Crippen molar-refractivity contribution in [3.63, 3.8) is 0 Å². The number of carbonyl (C=O) groups is 3. The summed E-state index contributed by atoms with van der Waals surface area (Å²) < 4.78 is 4.89. The second-order valence-electron chi connectivity index (χ2n) is 6.09. The van der Waals surface area contributed by atoms with Crippen LogP contribution in [0, 0.1) is 17.0 Å². The highest BCUT2D eigenvalue weighted by atomic mass is 16.6. The number of anilines is 1. The molecule has 2 rings (SSSR count). The Morgan fingerprint density at radius 3 is 2.81 bits per heavy atom. The summed E-state index contributed by atoms with van der Waals surface area (Å²) in [6, 6.07) is 4.29. The summed E-state index contributed by atoms with van der Waals surface area (Å²) in [7, 11) is 0. The van der Waals surface area contributed by atoms with Crippen molar-refractivity contribution in [1.82, 2.24) is 4.90 Å². The number of amides is 2. The third-order valence-corrected chi connectivity index (χ3v) is 4.05. The van der Waals surface area contributed by atoms with Gasteiger partial charge in [-0.15, -0.1) is 0 Å². The van der Waals surface area contributed by atoms with Crippen molar-refractivity contribution in [3.8, 4) is 0 Å². The third-order valence-electron chi connectivity index (χ3n) is 4.05. The third kappa shape index (κ3) is 5.54. The molecule has 0 aliphatic carbocycles. The molecule has 26 heavy (non-hydrogen) atoms. The van der Waals surface area contributed by atoms with E-state index in [4.69, 9.17) is 4.74 Å². The van der Waals surface area contributed by atoms with E-state index in [0.717, 1.165) is 19.3 Å². The lowest BCUT2D eigenvalue weighted by molar-refractivity contribution is -0.385. The SMILES string of the molecule is Cc1ccc(NC(=O)COC(=O)CN2CCCCCC2=O)cc1[N+](=O)[O-]. The first-order valence-corrected chi connectivity index (χ1v) is 8.35. The van der Waals surface area contributed by atoms with E-state index in [1.807, 2.05) is 0 Å². The fourth-order valence-corrected chi connectivity index (χ4v) is 2.63. The molecule has 1 heterocycles. The number of nitro benzene ring substituents is 1. The van der Waals surface area contributed by atoms with Gasteiger partial charge in [0.05, 0.1) is 4.92 Å². The minimum atomic E-state index is -0.662. The van der Waals surface area contributed by atoms with Crippen LogP contribution in [0.4, 0.5) is 11.4 Å². The summed E-state index contributed by atoms with van der Waals surface area (Å²) in [4.78, 5) is 47.3. The zero-order valence-corrected chi connectivity index (χ0v) is 14.5. The first-order chi connectivity index (χ1) is 12.4. The number of ether oxygens (including phenoxy) is 1. The number of aryl methyl sites for hydroxylation is 1. The van der Waals surface area contributed by atoms with Gasteiger partial charge in [0.15, 0.2) is 6.61 Å². The van der Waals surface area contributed by atoms with Gasteiger partial charge in [-0.2, -0.15) is 0 Å². The number of hydrogen-bond donors (Lipinski definition) is 1. The zero-order valence-electron chi connectivity index (χ0n) is 14.5. The van der Waals surface area contributed by atoms with E-state index >= 15 is 0 Å². The van der Waals surface area contributed by atoms with E-state index in [1.165, 1.54) is 23.1 Å². The van der Waals surface area contributed by atoms with E-state index in [2.05, 4.69) is 5.32 Å². The highest BCUT2D eigenvalue weighted by Gasteiger charge is 2.20. The Bertz CT molecular complexity index is 718. The second-order valence-corrected chi connectivity index (χ2v) is 6.09. The van der Waals surface area contributed by atoms with Crippen molar-refractivity contribution in [2.45, 2.75) is 32.6 Å². The molecule has 1 aliphatic rings. The average Bonchev–Trinajstić information content (AvgIpc) is 2.79. The molecule has 9 heteroatoms. The van der Waals surface area contributed by atoms with Crippen LogP contribution in [-0.2, 0) is 19.1 Å². The van der Waals surface area contributed by atoms with Gasteiger partial charge in [-0.05, 0) is 25.8 Å². The van der Waals surface area contributed by atoms with Crippen molar-refractivity contribution in [1.29, 1.82) is 0 Å². The van der Waals surface area contributed by atoms with Crippen molar-refractivity contribution < 1.29 is 24.0 Å². The number of hydrogen-bond acceptors (Lipinski definition) is 6. The molecule has 9 nitrogen and oxygen atoms in total. The normalized spacial score (nSPS) is 14.5. The fraction of sp³-hybridized carbons (Fsp3) is 0.471. The molecule has 1 aromatic carbocycles. The first kappa shape index (κ1) is 19.4. The Labute approximate surface area is 150 Å². The van der Waals surface area contributed by atoms with Gasteiger partial charge in [-0.1, -0.05) is 12.5 Å². The van der Waals surface area contributed by atoms with Gasteiger partial charge in [-0.3, -0.25) is 24.5 Å². The van der Waals surface area contributed by atoms with Gasteiger partial charge < -0.3 is 15.0 Å². The monoisotopic (exact) mass is 363 g/mol. The number of nitro groups is 1. The van der Waals surface area contributed by atoms with Gasteiger partial charge in [0.2, 0.25) is 5.91 Å². The standard InChI is InChI=1S/C17H21N3O6/c1-12-6-7-13(9-14(12)20(24)25)18-15(21)11-26-17(23)10-19-8-4-2-3-5-16(19)22/h6-7,9H,2-5,8,10-11H2,1H3,(H,18,21). The summed E-state index contributed by atoms with van der Waals surface area (Å²) in [5.41, 5.74) is 0.604. The first-order valence-electron chi connectivity index (χ1n) is 8.35. The molecule has 0 aromatic heterocycles. The molecule has 1 aliphatic heterocycles. The Morgan fingerprint density at radius 1 is 1.31 bits per heavy atom. The molecule has 0 bridgehead atoms. The Hall–Kier alpha value is -2.97. The quantitative estimate of drug-likeness (QED) is 0.467. The molecule has 1 N–H and O–H groups in total. The van der Waals surface area contributed by atoms with Crippen LogP contribution in [0.3, 0.4) is 0 Å². The van der Waals surface area contributed by atoms with E-state index in [9.17, 15) is 24.5 Å². The molecule has 0 saturated carbocycles. The molecule has 1 saturated heterocycles. The number of carbonyl (C=O) groups excluding carboxylic acids is 3. The predicted molar refractivity (Wildman–Crippen MR) is 92.5 cm³/mol. The minimum absolute atomic E-state index is 0.0872. The summed E-state index contributed by atoms with van der Waals surface area (Å²) >= 11 is 0. The highest BCUT2D eigenvalue weighted by Crippen LogP contribution is 2.22. The van der Waals surface area contributed by atoms with Crippen LogP contribution in [0.1, 0.15) is 31.2 Å². The summed E-state index contributed by atoms with van der Waals surface area (Å²) in [5.74, 6) is -1.36. The van der Waals surface area contributed by atoms with Gasteiger partial charge in [0.25, 0.3) is 11.6 Å². The van der Waals surface area contributed by atoms with Crippen molar-refractivity contribution in [2.24, 2.45) is 0 Å². The lowest BCUT2D eigenvalue weighted by atomic mass is 10.2. The van der Waals surface area contributed by atoms with E-state index in [0.29, 0.717) is 18.5 Å². The van der Waals surface area contributed by atoms with Gasteiger partial charge in [0, 0.05) is 30.3 Å². The number of esters is 1. The van der Waals surface area contributed by atoms with Gasteiger partial charge >= 0.3 is 5.97 Å². The topological polar surface area (TPSA) is 119 Å². The van der Waals surface area contributed by atoms with Crippen LogP contribution in [0.15, 0.2) is 18.2 Å². The highest BCUT2D eigenvalue weighted by molar-refractivity contribution is 5.93. The smallest absolute Gasteiger partial charge is 0.326 e. The Balaban J connectivity index is 1.82. The number of benzene rings is 1. The summed E-state index contributed by atoms with van der Waals surface area (Å²) in [6.45, 7) is 1.40. The maximum absolute atomic E-state index is 11.9. The van der Waals surface area contributed by atoms with Crippen molar-refractivity contribution >= 4 is 29.2 Å². The molecular formula is C17H21N3O6. The van der Waals surface area contributed by atoms with Gasteiger partial charge in [0.1, 0.15) is 6.54 Å². The van der Waals surface area contributed by atoms with Crippen LogP contribution in [0.2, 0.25) is 0 Å². The summed E-state index contributed by atoms with van der Waals surface area (Å²) in [6.07, 6.45) is 3.02. The molecule has 2 amide bonds. The number of nitrogens with zero attached hydrogens (tertiary/aromatic N) is 2. The lowest BCUT2D eigenvalue weighted by Gasteiger charge is -2.19.